The van der Waals surface area contributed by atoms with Crippen molar-refractivity contribution < 1.29 is 4.79 Å². The smallest absolute Gasteiger partial charge is 0.251 e. The van der Waals surface area contributed by atoms with Gasteiger partial charge in [0.15, 0.2) is 0 Å². The lowest BCUT2D eigenvalue weighted by atomic mass is 10.0. The van der Waals surface area contributed by atoms with Gasteiger partial charge >= 0.3 is 0 Å². The largest absolute Gasteiger partial charge is 0.376 e. The summed E-state index contributed by atoms with van der Waals surface area (Å²) in [5.74, 6) is -0.0155. The highest BCUT2D eigenvalue weighted by Gasteiger charge is 2.26. The number of hydrogen-bond acceptors (Lipinski definition) is 5. The molecule has 0 saturated carbocycles. The number of carbonyl (C=O) groups is 1. The fourth-order valence-corrected chi connectivity index (χ4v) is 5.13. The van der Waals surface area contributed by atoms with Crippen molar-refractivity contribution in [3.05, 3.63) is 68.9 Å². The number of thiophene rings is 2. The summed E-state index contributed by atoms with van der Waals surface area (Å²) in [4.78, 5) is 13.8. The van der Waals surface area contributed by atoms with E-state index < -0.39 is 0 Å². The number of hydrogen-bond donors (Lipinski definition) is 3. The topological polar surface area (TPSA) is 69.8 Å². The number of nitrogens with one attached hydrogen (secondary N) is 3. The van der Waals surface area contributed by atoms with Crippen molar-refractivity contribution in [2.45, 2.75) is 18.9 Å². The molecule has 4 aromatic rings. The maximum absolute atomic E-state index is 12.5. The maximum Gasteiger partial charge on any atom is 0.251 e. The van der Waals surface area contributed by atoms with E-state index in [4.69, 9.17) is 0 Å². The number of amides is 1. The van der Waals surface area contributed by atoms with Gasteiger partial charge in [0.25, 0.3) is 5.91 Å². The van der Waals surface area contributed by atoms with Crippen molar-refractivity contribution in [3.8, 4) is 0 Å². The quantitative estimate of drug-likeness (QED) is 0.471. The van der Waals surface area contributed by atoms with Gasteiger partial charge in [0.2, 0.25) is 0 Å². The van der Waals surface area contributed by atoms with E-state index in [9.17, 15) is 4.79 Å². The molecular formula is C20H18N4OS2. The molecule has 1 amide bonds. The van der Waals surface area contributed by atoms with Crippen LogP contribution in [0.4, 0.5) is 5.69 Å². The van der Waals surface area contributed by atoms with Crippen molar-refractivity contribution in [1.82, 2.24) is 15.5 Å². The van der Waals surface area contributed by atoms with E-state index in [1.54, 1.807) is 22.7 Å². The summed E-state index contributed by atoms with van der Waals surface area (Å²) in [5.41, 5.74) is 5.10. The predicted octanol–water partition coefficient (Wildman–Crippen LogP) is 4.37. The van der Waals surface area contributed by atoms with Gasteiger partial charge in [0, 0.05) is 29.1 Å². The second kappa shape index (κ2) is 6.83. The van der Waals surface area contributed by atoms with E-state index in [0.717, 1.165) is 29.7 Å². The zero-order valence-electron chi connectivity index (χ0n) is 14.5. The molecule has 1 atom stereocenters. The van der Waals surface area contributed by atoms with E-state index in [0.29, 0.717) is 12.1 Å². The Labute approximate surface area is 164 Å². The number of nitrogens with zero attached hydrogens (tertiary/aromatic N) is 1. The normalized spacial score (nSPS) is 15.6. The SMILES string of the molecule is O=C(NCCc1cccs1)c1ccc2c(c1)CC(c1n[nH]c3ccsc13)N2. The van der Waals surface area contributed by atoms with Crippen LogP contribution in [-0.2, 0) is 12.8 Å². The Bertz CT molecular complexity index is 1100. The van der Waals surface area contributed by atoms with E-state index >= 15 is 0 Å². The van der Waals surface area contributed by atoms with Crippen LogP contribution in [0, 0.1) is 0 Å². The molecule has 3 N–H and O–H groups in total. The Morgan fingerprint density at radius 3 is 3.07 bits per heavy atom. The minimum absolute atomic E-state index is 0.0155. The zero-order chi connectivity index (χ0) is 18.2. The first-order valence-corrected chi connectivity index (χ1v) is 10.7. The molecule has 1 unspecified atom stereocenters. The summed E-state index contributed by atoms with van der Waals surface area (Å²) < 4.78 is 1.20. The Morgan fingerprint density at radius 1 is 1.22 bits per heavy atom. The van der Waals surface area contributed by atoms with E-state index in [-0.39, 0.29) is 11.9 Å². The molecule has 0 saturated heterocycles. The van der Waals surface area contributed by atoms with Gasteiger partial charge in [-0.2, -0.15) is 5.10 Å². The molecular weight excluding hydrogens is 376 g/mol. The highest BCUT2D eigenvalue weighted by atomic mass is 32.1. The lowest BCUT2D eigenvalue weighted by molar-refractivity contribution is 0.0954. The van der Waals surface area contributed by atoms with Gasteiger partial charge in [-0.25, -0.2) is 0 Å². The van der Waals surface area contributed by atoms with Crippen LogP contribution in [0.15, 0.2) is 47.2 Å². The van der Waals surface area contributed by atoms with Crippen LogP contribution in [0.3, 0.4) is 0 Å². The molecule has 0 bridgehead atoms. The summed E-state index contributed by atoms with van der Waals surface area (Å²) in [6, 6.07) is 12.2. The van der Waals surface area contributed by atoms with Gasteiger partial charge in [-0.3, -0.25) is 9.89 Å². The Morgan fingerprint density at radius 2 is 2.19 bits per heavy atom. The second-order valence-corrected chi connectivity index (χ2v) is 8.58. The van der Waals surface area contributed by atoms with Gasteiger partial charge in [-0.1, -0.05) is 6.07 Å². The van der Waals surface area contributed by atoms with Crippen LogP contribution in [-0.4, -0.2) is 22.6 Å². The van der Waals surface area contributed by atoms with Crippen LogP contribution < -0.4 is 10.6 Å². The van der Waals surface area contributed by atoms with Crippen molar-refractivity contribution in [1.29, 1.82) is 0 Å². The highest BCUT2D eigenvalue weighted by molar-refractivity contribution is 7.17. The van der Waals surface area contributed by atoms with Gasteiger partial charge in [-0.05, 0) is 53.1 Å². The second-order valence-electron chi connectivity index (χ2n) is 6.63. The molecule has 0 aliphatic carbocycles. The zero-order valence-corrected chi connectivity index (χ0v) is 16.1. The molecule has 0 fully saturated rings. The first kappa shape index (κ1) is 16.5. The Kier molecular flexibility index (Phi) is 4.18. The lowest BCUT2D eigenvalue weighted by Gasteiger charge is -2.07. The summed E-state index contributed by atoms with van der Waals surface area (Å²) in [6.07, 6.45) is 1.71. The number of aromatic amines is 1. The van der Waals surface area contributed by atoms with Crippen LogP contribution in [0.1, 0.15) is 32.5 Å². The van der Waals surface area contributed by atoms with Crippen LogP contribution >= 0.6 is 22.7 Å². The molecule has 1 aliphatic heterocycles. The minimum atomic E-state index is -0.0155. The van der Waals surface area contributed by atoms with Gasteiger partial charge < -0.3 is 10.6 Å². The molecule has 3 aromatic heterocycles. The minimum Gasteiger partial charge on any atom is -0.376 e. The van der Waals surface area contributed by atoms with Crippen molar-refractivity contribution in [2.75, 3.05) is 11.9 Å². The van der Waals surface area contributed by atoms with Gasteiger partial charge in [0.05, 0.1) is 16.3 Å². The van der Waals surface area contributed by atoms with Gasteiger partial charge in [0.1, 0.15) is 5.69 Å². The summed E-state index contributed by atoms with van der Waals surface area (Å²) in [6.45, 7) is 0.654. The molecule has 4 heterocycles. The molecule has 1 aromatic carbocycles. The molecule has 0 spiro atoms. The van der Waals surface area contributed by atoms with Gasteiger partial charge in [-0.15, -0.1) is 22.7 Å². The van der Waals surface area contributed by atoms with Crippen molar-refractivity contribution >= 4 is 44.5 Å². The number of rotatable bonds is 5. The predicted molar refractivity (Wildman–Crippen MR) is 111 cm³/mol. The Hall–Kier alpha value is -2.64. The number of carbonyl (C=O) groups excluding carboxylic acids is 1. The molecule has 1 aliphatic rings. The molecule has 7 heteroatoms. The average molecular weight is 395 g/mol. The van der Waals surface area contributed by atoms with Crippen LogP contribution in [0.2, 0.25) is 0 Å². The Balaban J connectivity index is 1.27. The third kappa shape index (κ3) is 3.13. The van der Waals surface area contributed by atoms with E-state index in [2.05, 4.69) is 43.7 Å². The summed E-state index contributed by atoms with van der Waals surface area (Å²) in [5, 5.41) is 18.3. The van der Waals surface area contributed by atoms with Crippen molar-refractivity contribution in [2.24, 2.45) is 0 Å². The molecule has 27 heavy (non-hydrogen) atoms. The number of anilines is 1. The first-order valence-electron chi connectivity index (χ1n) is 8.89. The molecule has 0 radical (unpaired) electrons. The number of aromatic nitrogens is 2. The van der Waals surface area contributed by atoms with Crippen LogP contribution in [0.25, 0.3) is 10.2 Å². The van der Waals surface area contributed by atoms with E-state index in [1.165, 1.54) is 15.1 Å². The fraction of sp³-hybridized carbons (Fsp3) is 0.200. The third-order valence-electron chi connectivity index (χ3n) is 4.88. The molecule has 136 valence electrons. The summed E-state index contributed by atoms with van der Waals surface area (Å²) >= 11 is 3.42. The lowest BCUT2D eigenvalue weighted by Crippen LogP contribution is -2.25. The first-order chi connectivity index (χ1) is 13.3. The number of fused-ring (bicyclic) bond motifs is 2. The standard InChI is InChI=1S/C20H18N4OS2/c25-20(21-7-5-14-2-1-8-26-14)12-3-4-15-13(10-12)11-17(22-15)18-19-16(23-24-18)6-9-27-19/h1-4,6,8-10,17,22H,5,7,11H2,(H,21,25)(H,23,24). The average Bonchev–Trinajstić information content (AvgIpc) is 3.43. The highest BCUT2D eigenvalue weighted by Crippen LogP contribution is 2.37. The monoisotopic (exact) mass is 394 g/mol. The molecule has 5 rings (SSSR count). The summed E-state index contributed by atoms with van der Waals surface area (Å²) in [7, 11) is 0. The fourth-order valence-electron chi connectivity index (χ4n) is 3.53. The maximum atomic E-state index is 12.5. The van der Waals surface area contributed by atoms with E-state index in [1.807, 2.05) is 24.3 Å². The molecule has 5 nitrogen and oxygen atoms in total. The number of H-pyrrole nitrogens is 1. The van der Waals surface area contributed by atoms with Crippen LogP contribution in [0.5, 0.6) is 0 Å². The van der Waals surface area contributed by atoms with Crippen molar-refractivity contribution in [3.63, 3.8) is 0 Å². The number of benzene rings is 1. The third-order valence-corrected chi connectivity index (χ3v) is 6.76.